The van der Waals surface area contributed by atoms with E-state index in [-0.39, 0.29) is 17.1 Å². The number of carbonyl (C=O) groups is 1. The normalized spacial score (nSPS) is 11.5. The van der Waals surface area contributed by atoms with Crippen LogP contribution in [0.25, 0.3) is 0 Å². The van der Waals surface area contributed by atoms with Gasteiger partial charge in [0.1, 0.15) is 22.7 Å². The van der Waals surface area contributed by atoms with Gasteiger partial charge in [0.2, 0.25) is 10.0 Å². The van der Waals surface area contributed by atoms with Crippen LogP contribution in [0.5, 0.6) is 0 Å². The van der Waals surface area contributed by atoms with Gasteiger partial charge in [-0.1, -0.05) is 0 Å². The van der Waals surface area contributed by atoms with Crippen molar-refractivity contribution in [3.8, 4) is 0 Å². The van der Waals surface area contributed by atoms with Gasteiger partial charge >= 0.3 is 0 Å². The first kappa shape index (κ1) is 14.2. The second-order valence-corrected chi connectivity index (χ2v) is 5.88. The molecule has 0 fully saturated rings. The molecule has 2 aromatic rings. The molecule has 0 aliphatic heterocycles. The van der Waals surface area contributed by atoms with Gasteiger partial charge in [0.25, 0.3) is 5.91 Å². The summed E-state index contributed by atoms with van der Waals surface area (Å²) >= 11 is 0. The number of hydrogen-bond acceptors (Lipinski definition) is 5. The molecule has 1 amide bonds. The van der Waals surface area contributed by atoms with Crippen molar-refractivity contribution in [2.75, 3.05) is 7.05 Å². The van der Waals surface area contributed by atoms with Crippen molar-refractivity contribution in [2.24, 2.45) is 7.05 Å². The number of hydrogen-bond donors (Lipinski definition) is 3. The van der Waals surface area contributed by atoms with Crippen LogP contribution in [0.1, 0.15) is 16.3 Å². The Kier molecular flexibility index (Phi) is 3.86. The van der Waals surface area contributed by atoms with Gasteiger partial charge in [0, 0.05) is 13.2 Å². The molecule has 0 atom stereocenters. The zero-order valence-electron chi connectivity index (χ0n) is 10.9. The topological polar surface area (TPSA) is 122 Å². The summed E-state index contributed by atoms with van der Waals surface area (Å²) in [7, 11) is -0.664. The van der Waals surface area contributed by atoms with E-state index in [0.29, 0.717) is 5.82 Å². The van der Waals surface area contributed by atoms with Gasteiger partial charge in [-0.05, 0) is 13.1 Å². The number of carbonyl (C=O) groups excluding carboxylic acids is 1. The van der Waals surface area contributed by atoms with E-state index < -0.39 is 15.9 Å². The average Bonchev–Trinajstić information content (AvgIpc) is 3.05. The summed E-state index contributed by atoms with van der Waals surface area (Å²) in [5, 5.41) is 8.88. The Hall–Kier alpha value is -2.20. The molecule has 9 nitrogen and oxygen atoms in total. The van der Waals surface area contributed by atoms with E-state index in [4.69, 9.17) is 0 Å². The fraction of sp³-hybridized carbons (Fsp3) is 0.300. The van der Waals surface area contributed by atoms with Crippen LogP contribution in [-0.4, -0.2) is 41.1 Å². The van der Waals surface area contributed by atoms with E-state index in [1.54, 1.807) is 7.05 Å². The maximum atomic E-state index is 12.0. The fourth-order valence-corrected chi connectivity index (χ4v) is 2.39. The van der Waals surface area contributed by atoms with Crippen molar-refractivity contribution >= 4 is 15.9 Å². The smallest absolute Gasteiger partial charge is 0.268 e. The lowest BCUT2D eigenvalue weighted by molar-refractivity contribution is 0.0942. The molecule has 0 radical (unpaired) electrons. The third-order valence-electron chi connectivity index (χ3n) is 2.67. The zero-order chi connectivity index (χ0) is 14.8. The largest absolute Gasteiger partial charge is 0.345 e. The maximum absolute atomic E-state index is 12.0. The van der Waals surface area contributed by atoms with Gasteiger partial charge in [-0.3, -0.25) is 9.89 Å². The molecule has 0 aliphatic rings. The Morgan fingerprint density at radius 1 is 1.50 bits per heavy atom. The summed E-state index contributed by atoms with van der Waals surface area (Å²) in [4.78, 5) is 15.9. The molecule has 0 aromatic carbocycles. The molecule has 108 valence electrons. The molecule has 2 heterocycles. The summed E-state index contributed by atoms with van der Waals surface area (Å²) in [5.74, 6) is 0.108. The number of aryl methyl sites for hydroxylation is 1. The molecule has 2 aromatic heterocycles. The number of rotatable bonds is 5. The summed E-state index contributed by atoms with van der Waals surface area (Å²) in [5.41, 5.74) is 0.235. The molecular formula is C10H14N6O3S. The van der Waals surface area contributed by atoms with Gasteiger partial charge < -0.3 is 9.88 Å². The maximum Gasteiger partial charge on any atom is 0.268 e. The van der Waals surface area contributed by atoms with Crippen molar-refractivity contribution in [3.63, 3.8) is 0 Å². The monoisotopic (exact) mass is 298 g/mol. The van der Waals surface area contributed by atoms with Gasteiger partial charge in [-0.2, -0.15) is 5.10 Å². The molecule has 0 saturated heterocycles. The predicted octanol–water partition coefficient (Wildman–Crippen LogP) is -1.02. The lowest BCUT2D eigenvalue weighted by Gasteiger charge is -2.03. The van der Waals surface area contributed by atoms with E-state index in [2.05, 4.69) is 25.2 Å². The third-order valence-corrected chi connectivity index (χ3v) is 4.05. The molecule has 10 heteroatoms. The molecule has 0 unspecified atom stereocenters. The number of aromatic amines is 1. The Morgan fingerprint density at radius 3 is 2.85 bits per heavy atom. The molecule has 3 N–H and O–H groups in total. The Bertz CT molecular complexity index is 703. The first-order valence-electron chi connectivity index (χ1n) is 5.66. The molecule has 20 heavy (non-hydrogen) atoms. The van der Waals surface area contributed by atoms with Crippen LogP contribution in [0.2, 0.25) is 0 Å². The highest BCUT2D eigenvalue weighted by atomic mass is 32.2. The standard InChI is InChI=1S/C10H14N6O3S/c1-11-20(18,19)7-3-8(16(2)5-7)10(17)12-4-9-13-6-14-15-9/h3,5-6,11H,4H2,1-2H3,(H,12,17)(H,13,14,15). The summed E-state index contributed by atoms with van der Waals surface area (Å²) in [6.45, 7) is 0.179. The molecule has 0 saturated carbocycles. The predicted molar refractivity (Wildman–Crippen MR) is 69.2 cm³/mol. The minimum absolute atomic E-state index is 0.0346. The van der Waals surface area contributed by atoms with Crippen LogP contribution >= 0.6 is 0 Å². The zero-order valence-corrected chi connectivity index (χ0v) is 11.7. The van der Waals surface area contributed by atoms with Crippen molar-refractivity contribution < 1.29 is 13.2 Å². The highest BCUT2D eigenvalue weighted by Gasteiger charge is 2.19. The summed E-state index contributed by atoms with van der Waals surface area (Å²) < 4.78 is 26.9. The number of H-pyrrole nitrogens is 1. The first-order chi connectivity index (χ1) is 9.44. The van der Waals surface area contributed by atoms with E-state index in [9.17, 15) is 13.2 Å². The molecule has 0 bridgehead atoms. The minimum atomic E-state index is -3.57. The second-order valence-electron chi connectivity index (χ2n) is 3.99. The van der Waals surface area contributed by atoms with Gasteiger partial charge in [0.15, 0.2) is 0 Å². The number of aromatic nitrogens is 4. The van der Waals surface area contributed by atoms with Crippen LogP contribution in [0.3, 0.4) is 0 Å². The quantitative estimate of drug-likeness (QED) is 0.652. The van der Waals surface area contributed by atoms with E-state index in [0.717, 1.165) is 0 Å². The molecule has 0 aliphatic carbocycles. The highest BCUT2D eigenvalue weighted by Crippen LogP contribution is 2.13. The number of sulfonamides is 1. The number of amides is 1. The van der Waals surface area contributed by atoms with Crippen LogP contribution in [-0.2, 0) is 23.6 Å². The Labute approximate surface area is 115 Å². The fourth-order valence-electron chi connectivity index (χ4n) is 1.60. The minimum Gasteiger partial charge on any atom is -0.345 e. The van der Waals surface area contributed by atoms with Gasteiger partial charge in [0.05, 0.1) is 6.54 Å². The van der Waals surface area contributed by atoms with E-state index in [1.807, 2.05) is 0 Å². The number of nitrogens with one attached hydrogen (secondary N) is 3. The third kappa shape index (κ3) is 2.86. The van der Waals surface area contributed by atoms with Gasteiger partial charge in [-0.25, -0.2) is 18.1 Å². The first-order valence-corrected chi connectivity index (χ1v) is 7.14. The SMILES string of the molecule is CNS(=O)(=O)c1cc(C(=O)NCc2ncn[nH]2)n(C)c1. The molecular weight excluding hydrogens is 284 g/mol. The van der Waals surface area contributed by atoms with Crippen molar-refractivity contribution in [2.45, 2.75) is 11.4 Å². The Balaban J connectivity index is 2.14. The second kappa shape index (κ2) is 5.43. The van der Waals surface area contributed by atoms with E-state index >= 15 is 0 Å². The van der Waals surface area contributed by atoms with Crippen LogP contribution in [0.4, 0.5) is 0 Å². The van der Waals surface area contributed by atoms with Crippen LogP contribution < -0.4 is 10.0 Å². The summed E-state index contributed by atoms with van der Waals surface area (Å²) in [6.07, 6.45) is 2.71. The average molecular weight is 298 g/mol. The molecule has 2 rings (SSSR count). The lowest BCUT2D eigenvalue weighted by Crippen LogP contribution is -2.25. The van der Waals surface area contributed by atoms with E-state index in [1.165, 1.54) is 30.2 Å². The van der Waals surface area contributed by atoms with Crippen LogP contribution in [0, 0.1) is 0 Å². The van der Waals surface area contributed by atoms with Crippen LogP contribution in [0.15, 0.2) is 23.5 Å². The van der Waals surface area contributed by atoms with Gasteiger partial charge in [-0.15, -0.1) is 0 Å². The lowest BCUT2D eigenvalue weighted by atomic mass is 10.4. The van der Waals surface area contributed by atoms with Crippen molar-refractivity contribution in [1.29, 1.82) is 0 Å². The van der Waals surface area contributed by atoms with Crippen molar-refractivity contribution in [1.82, 2.24) is 29.8 Å². The molecule has 0 spiro atoms. The summed E-state index contributed by atoms with van der Waals surface area (Å²) in [6, 6.07) is 1.31. The number of nitrogens with zero attached hydrogens (tertiary/aromatic N) is 3. The van der Waals surface area contributed by atoms with Crippen molar-refractivity contribution in [3.05, 3.63) is 30.1 Å². The highest BCUT2D eigenvalue weighted by molar-refractivity contribution is 7.89. The Morgan fingerprint density at radius 2 is 2.25 bits per heavy atom.